The van der Waals surface area contributed by atoms with Crippen molar-refractivity contribution in [2.75, 3.05) is 5.32 Å². The molecule has 2 aromatic carbocycles. The zero-order valence-electron chi connectivity index (χ0n) is 15.9. The van der Waals surface area contributed by atoms with Crippen molar-refractivity contribution < 1.29 is 22.8 Å². The zero-order chi connectivity index (χ0) is 20.8. The summed E-state index contributed by atoms with van der Waals surface area (Å²) in [6, 6.07) is 12.6. The van der Waals surface area contributed by atoms with E-state index in [4.69, 9.17) is 4.52 Å². The molecule has 0 fully saturated rings. The highest BCUT2D eigenvalue weighted by Crippen LogP contribution is 2.22. The summed E-state index contributed by atoms with van der Waals surface area (Å²) in [5, 5.41) is 9.33. The van der Waals surface area contributed by atoms with E-state index in [1.807, 2.05) is 13.8 Å². The predicted octanol–water partition coefficient (Wildman–Crippen LogP) is 4.78. The maximum Gasteiger partial charge on any atom is 0.387 e. The van der Waals surface area contributed by atoms with Gasteiger partial charge in [0.05, 0.1) is 0 Å². The molecule has 0 bridgehead atoms. The Morgan fingerprint density at radius 1 is 1.10 bits per heavy atom. The molecule has 9 heteroatoms. The molecule has 2 N–H and O–H groups in total. The minimum Gasteiger partial charge on any atom is -0.435 e. The first kappa shape index (κ1) is 20.2. The summed E-state index contributed by atoms with van der Waals surface area (Å²) in [6.45, 7) is 1.32. The Bertz CT molecular complexity index is 941. The number of hydrogen-bond donors (Lipinski definition) is 2. The number of carbonyl (C=O) groups excluding carboxylic acids is 1. The fraction of sp³-hybridized carbons (Fsp3) is 0.250. The predicted molar refractivity (Wildman–Crippen MR) is 103 cm³/mol. The Hall–Kier alpha value is -3.49. The fourth-order valence-electron chi connectivity index (χ4n) is 2.43. The van der Waals surface area contributed by atoms with E-state index in [0.717, 1.165) is 11.1 Å². The minimum absolute atomic E-state index is 0.0649. The van der Waals surface area contributed by atoms with Crippen molar-refractivity contribution in [1.29, 1.82) is 0 Å². The third kappa shape index (κ3) is 5.74. The summed E-state index contributed by atoms with van der Waals surface area (Å²) in [5.41, 5.74) is 2.09. The number of carbonyl (C=O) groups is 1. The Morgan fingerprint density at radius 3 is 2.38 bits per heavy atom. The molecular formula is C20H20F2N4O3. The Balaban J connectivity index is 1.51. The number of ether oxygens (including phenoxy) is 1. The van der Waals surface area contributed by atoms with Gasteiger partial charge in [0.1, 0.15) is 5.75 Å². The third-order valence-corrected chi connectivity index (χ3v) is 3.95. The summed E-state index contributed by atoms with van der Waals surface area (Å²) in [5.74, 6) is 1.29. The second-order valence-electron chi connectivity index (χ2n) is 6.52. The van der Waals surface area contributed by atoms with Crippen molar-refractivity contribution in [3.05, 3.63) is 59.9 Å². The molecule has 152 valence electrons. The molecule has 0 saturated heterocycles. The molecule has 0 unspecified atom stereocenters. The molecule has 7 nitrogen and oxygen atoms in total. The number of benzene rings is 2. The van der Waals surface area contributed by atoms with Crippen LogP contribution in [0.2, 0.25) is 0 Å². The van der Waals surface area contributed by atoms with Crippen LogP contribution in [0.5, 0.6) is 5.75 Å². The normalized spacial score (nSPS) is 11.0. The Morgan fingerprint density at radius 2 is 1.79 bits per heavy atom. The van der Waals surface area contributed by atoms with Gasteiger partial charge >= 0.3 is 12.6 Å². The van der Waals surface area contributed by atoms with E-state index >= 15 is 0 Å². The van der Waals surface area contributed by atoms with Crippen LogP contribution in [0.4, 0.5) is 19.3 Å². The number of rotatable bonds is 7. The number of aromatic nitrogens is 2. The fourth-order valence-corrected chi connectivity index (χ4v) is 2.43. The number of halogens is 2. The molecule has 0 saturated carbocycles. The standard InChI is InChI=1S/C20H20F2N4O3/c1-12(2)17-25-18(29-26-17)14-5-7-15(8-6-14)24-20(27)23-11-13-3-9-16(10-4-13)28-19(21)22/h3-10,12,19H,11H2,1-2H3,(H2,23,24,27). The second kappa shape index (κ2) is 9.13. The number of nitrogens with zero attached hydrogens (tertiary/aromatic N) is 2. The average Bonchev–Trinajstić information content (AvgIpc) is 3.18. The third-order valence-electron chi connectivity index (χ3n) is 3.95. The first-order valence-electron chi connectivity index (χ1n) is 8.93. The van der Waals surface area contributed by atoms with Crippen molar-refractivity contribution in [2.45, 2.75) is 32.9 Å². The molecule has 0 aliphatic carbocycles. The van der Waals surface area contributed by atoms with Crippen LogP contribution in [0, 0.1) is 0 Å². The Labute approximate surface area is 166 Å². The molecule has 1 heterocycles. The summed E-state index contributed by atoms with van der Waals surface area (Å²) in [4.78, 5) is 16.4. The molecular weight excluding hydrogens is 382 g/mol. The SMILES string of the molecule is CC(C)c1noc(-c2ccc(NC(=O)NCc3ccc(OC(F)F)cc3)cc2)n1. The monoisotopic (exact) mass is 402 g/mol. The van der Waals surface area contributed by atoms with Gasteiger partial charge in [-0.1, -0.05) is 31.1 Å². The van der Waals surface area contributed by atoms with Crippen molar-refractivity contribution >= 4 is 11.7 Å². The van der Waals surface area contributed by atoms with Crippen LogP contribution in [0.3, 0.4) is 0 Å². The van der Waals surface area contributed by atoms with Crippen LogP contribution in [0.25, 0.3) is 11.5 Å². The first-order chi connectivity index (χ1) is 13.9. The number of alkyl halides is 2. The topological polar surface area (TPSA) is 89.3 Å². The Kier molecular flexibility index (Phi) is 6.38. The zero-order valence-corrected chi connectivity index (χ0v) is 15.9. The summed E-state index contributed by atoms with van der Waals surface area (Å²) in [6.07, 6.45) is 0. The van der Waals surface area contributed by atoms with Crippen LogP contribution in [0.1, 0.15) is 31.2 Å². The van der Waals surface area contributed by atoms with Crippen molar-refractivity contribution in [3.63, 3.8) is 0 Å². The summed E-state index contributed by atoms with van der Waals surface area (Å²) in [7, 11) is 0. The summed E-state index contributed by atoms with van der Waals surface area (Å²) >= 11 is 0. The quantitative estimate of drug-likeness (QED) is 0.594. The van der Waals surface area contributed by atoms with Crippen molar-refractivity contribution in [1.82, 2.24) is 15.5 Å². The van der Waals surface area contributed by atoms with E-state index in [1.165, 1.54) is 12.1 Å². The van der Waals surface area contributed by atoms with Gasteiger partial charge in [-0.3, -0.25) is 0 Å². The molecule has 3 rings (SSSR count). The molecule has 1 aromatic heterocycles. The lowest BCUT2D eigenvalue weighted by Gasteiger charge is -2.09. The second-order valence-corrected chi connectivity index (χ2v) is 6.52. The first-order valence-corrected chi connectivity index (χ1v) is 8.93. The molecule has 0 aliphatic heterocycles. The van der Waals surface area contributed by atoms with E-state index in [2.05, 4.69) is 25.5 Å². The number of urea groups is 1. The van der Waals surface area contributed by atoms with Gasteiger partial charge in [-0.25, -0.2) is 4.79 Å². The number of amides is 2. The number of nitrogens with one attached hydrogen (secondary N) is 2. The van der Waals surface area contributed by atoms with Crippen LogP contribution < -0.4 is 15.4 Å². The van der Waals surface area contributed by atoms with E-state index in [-0.39, 0.29) is 18.2 Å². The summed E-state index contributed by atoms with van der Waals surface area (Å²) < 4.78 is 33.8. The van der Waals surface area contributed by atoms with Gasteiger partial charge < -0.3 is 19.9 Å². The molecule has 0 aliphatic rings. The smallest absolute Gasteiger partial charge is 0.387 e. The molecule has 0 spiro atoms. The molecule has 2 amide bonds. The van der Waals surface area contributed by atoms with Crippen LogP contribution in [0.15, 0.2) is 53.1 Å². The molecule has 29 heavy (non-hydrogen) atoms. The van der Waals surface area contributed by atoms with Gasteiger partial charge in [0, 0.05) is 23.7 Å². The van der Waals surface area contributed by atoms with Crippen LogP contribution >= 0.6 is 0 Å². The lowest BCUT2D eigenvalue weighted by Crippen LogP contribution is -2.28. The van der Waals surface area contributed by atoms with E-state index in [9.17, 15) is 13.6 Å². The van der Waals surface area contributed by atoms with E-state index in [1.54, 1.807) is 36.4 Å². The highest BCUT2D eigenvalue weighted by atomic mass is 19.3. The van der Waals surface area contributed by atoms with E-state index in [0.29, 0.717) is 17.4 Å². The van der Waals surface area contributed by atoms with Gasteiger partial charge in [-0.2, -0.15) is 13.8 Å². The van der Waals surface area contributed by atoms with Gasteiger partial charge in [-0.15, -0.1) is 0 Å². The minimum atomic E-state index is -2.87. The van der Waals surface area contributed by atoms with Crippen molar-refractivity contribution in [2.24, 2.45) is 0 Å². The molecule has 3 aromatic rings. The highest BCUT2D eigenvalue weighted by molar-refractivity contribution is 5.89. The van der Waals surface area contributed by atoms with Crippen LogP contribution in [-0.4, -0.2) is 22.8 Å². The number of anilines is 1. The van der Waals surface area contributed by atoms with E-state index < -0.39 is 12.6 Å². The largest absolute Gasteiger partial charge is 0.435 e. The lowest BCUT2D eigenvalue weighted by molar-refractivity contribution is -0.0498. The lowest BCUT2D eigenvalue weighted by atomic mass is 10.2. The highest BCUT2D eigenvalue weighted by Gasteiger charge is 2.11. The van der Waals surface area contributed by atoms with Crippen molar-refractivity contribution in [3.8, 4) is 17.2 Å². The van der Waals surface area contributed by atoms with Gasteiger partial charge in [-0.05, 0) is 42.0 Å². The van der Waals surface area contributed by atoms with Gasteiger partial charge in [0.25, 0.3) is 5.89 Å². The maximum atomic E-state index is 12.1. The van der Waals surface area contributed by atoms with Gasteiger partial charge in [0.2, 0.25) is 0 Å². The average molecular weight is 402 g/mol. The van der Waals surface area contributed by atoms with Crippen LogP contribution in [-0.2, 0) is 6.54 Å². The van der Waals surface area contributed by atoms with Gasteiger partial charge in [0.15, 0.2) is 5.82 Å². The maximum absolute atomic E-state index is 12.1. The number of hydrogen-bond acceptors (Lipinski definition) is 5. The molecule has 0 radical (unpaired) electrons. The molecule has 0 atom stereocenters.